The molecule has 0 radical (unpaired) electrons. The quantitative estimate of drug-likeness (QED) is 0.541. The first-order chi connectivity index (χ1) is 8.11. The molecule has 1 aromatic heterocycles. The van der Waals surface area contributed by atoms with Crippen molar-refractivity contribution in [1.82, 2.24) is 14.8 Å². The number of nitrogens with one attached hydrogen (secondary N) is 1. The van der Waals surface area contributed by atoms with E-state index in [2.05, 4.69) is 41.4 Å². The molecule has 0 amide bonds. The summed E-state index contributed by atoms with van der Waals surface area (Å²) in [6.45, 7) is 3.03. The zero-order chi connectivity index (χ0) is 12.7. The lowest BCUT2D eigenvalue weighted by molar-refractivity contribution is 0.292. The molecule has 0 spiro atoms. The van der Waals surface area contributed by atoms with Gasteiger partial charge in [0.25, 0.3) is 0 Å². The molecular weight excluding hydrogens is 214 g/mol. The van der Waals surface area contributed by atoms with Crippen LogP contribution in [0.5, 0.6) is 0 Å². The van der Waals surface area contributed by atoms with Crippen molar-refractivity contribution in [2.24, 2.45) is 5.84 Å². The number of hydrogen-bond acceptors (Lipinski definition) is 5. The standard InChI is InChI=1S/C12H23N5/c1-16(2)8-5-9-17(3)10-11-6-4-7-12(14-11)15-13/h4,6-7H,5,8-10,13H2,1-3H3,(H,14,15). The Morgan fingerprint density at radius 3 is 2.65 bits per heavy atom. The number of hydrazine groups is 1. The van der Waals surface area contributed by atoms with E-state index in [0.717, 1.165) is 25.3 Å². The van der Waals surface area contributed by atoms with Crippen LogP contribution in [0.15, 0.2) is 18.2 Å². The van der Waals surface area contributed by atoms with Gasteiger partial charge in [0.05, 0.1) is 5.69 Å². The Labute approximate surface area is 104 Å². The second-order valence-corrected chi connectivity index (χ2v) is 4.55. The van der Waals surface area contributed by atoms with Crippen LogP contribution in [0.1, 0.15) is 12.1 Å². The summed E-state index contributed by atoms with van der Waals surface area (Å²) in [7, 11) is 6.30. The Balaban J connectivity index is 2.36. The van der Waals surface area contributed by atoms with Gasteiger partial charge in [0.1, 0.15) is 5.82 Å². The zero-order valence-electron chi connectivity index (χ0n) is 11.0. The van der Waals surface area contributed by atoms with Crippen molar-refractivity contribution in [2.75, 3.05) is 39.7 Å². The molecule has 0 unspecified atom stereocenters. The van der Waals surface area contributed by atoms with Crippen LogP contribution in [0.25, 0.3) is 0 Å². The summed E-state index contributed by atoms with van der Waals surface area (Å²) < 4.78 is 0. The zero-order valence-corrected chi connectivity index (χ0v) is 11.0. The number of nitrogens with zero attached hydrogens (tertiary/aromatic N) is 3. The van der Waals surface area contributed by atoms with Gasteiger partial charge in [0.2, 0.25) is 0 Å². The molecule has 0 saturated carbocycles. The number of rotatable bonds is 7. The van der Waals surface area contributed by atoms with E-state index in [1.165, 1.54) is 6.42 Å². The van der Waals surface area contributed by atoms with E-state index >= 15 is 0 Å². The molecule has 0 aliphatic rings. The molecule has 3 N–H and O–H groups in total. The van der Waals surface area contributed by atoms with Gasteiger partial charge in [-0.3, -0.25) is 0 Å². The topological polar surface area (TPSA) is 57.4 Å². The van der Waals surface area contributed by atoms with E-state index in [9.17, 15) is 0 Å². The summed E-state index contributed by atoms with van der Waals surface area (Å²) in [5.74, 6) is 6.04. The van der Waals surface area contributed by atoms with Crippen LogP contribution in [0, 0.1) is 0 Å². The van der Waals surface area contributed by atoms with Crippen LogP contribution in [-0.4, -0.2) is 49.0 Å². The molecule has 0 aliphatic heterocycles. The fourth-order valence-electron chi connectivity index (χ4n) is 1.66. The molecule has 0 aromatic carbocycles. The van der Waals surface area contributed by atoms with Gasteiger partial charge in [-0.25, -0.2) is 10.8 Å². The minimum Gasteiger partial charge on any atom is -0.309 e. The number of pyridine rings is 1. The largest absolute Gasteiger partial charge is 0.309 e. The molecule has 0 saturated heterocycles. The molecule has 17 heavy (non-hydrogen) atoms. The first-order valence-corrected chi connectivity index (χ1v) is 5.87. The van der Waals surface area contributed by atoms with Gasteiger partial charge in [0.15, 0.2) is 0 Å². The highest BCUT2D eigenvalue weighted by Gasteiger charge is 2.02. The van der Waals surface area contributed by atoms with Crippen LogP contribution >= 0.6 is 0 Å². The van der Waals surface area contributed by atoms with Crippen molar-refractivity contribution in [2.45, 2.75) is 13.0 Å². The summed E-state index contributed by atoms with van der Waals surface area (Å²) >= 11 is 0. The van der Waals surface area contributed by atoms with Crippen molar-refractivity contribution in [1.29, 1.82) is 0 Å². The van der Waals surface area contributed by atoms with Gasteiger partial charge in [-0.15, -0.1) is 0 Å². The fraction of sp³-hybridized carbons (Fsp3) is 0.583. The lowest BCUT2D eigenvalue weighted by atomic mass is 10.3. The van der Waals surface area contributed by atoms with E-state index < -0.39 is 0 Å². The molecular formula is C12H23N5. The molecule has 0 atom stereocenters. The van der Waals surface area contributed by atoms with Crippen molar-refractivity contribution >= 4 is 5.82 Å². The minimum absolute atomic E-state index is 0.712. The third kappa shape index (κ3) is 5.63. The third-order valence-corrected chi connectivity index (χ3v) is 2.53. The van der Waals surface area contributed by atoms with Crippen LogP contribution in [0.2, 0.25) is 0 Å². The average molecular weight is 237 g/mol. The predicted molar refractivity (Wildman–Crippen MR) is 71.6 cm³/mol. The highest BCUT2D eigenvalue weighted by Crippen LogP contribution is 2.05. The first kappa shape index (κ1) is 13.9. The SMILES string of the molecule is CN(C)CCCN(C)Cc1cccc(NN)n1. The van der Waals surface area contributed by atoms with Crippen LogP contribution in [0.4, 0.5) is 5.82 Å². The molecule has 1 aromatic rings. The normalized spacial score (nSPS) is 11.2. The van der Waals surface area contributed by atoms with Crippen molar-refractivity contribution < 1.29 is 0 Å². The van der Waals surface area contributed by atoms with Crippen molar-refractivity contribution in [3.05, 3.63) is 23.9 Å². The summed E-state index contributed by atoms with van der Waals surface area (Å²) in [6.07, 6.45) is 1.17. The third-order valence-electron chi connectivity index (χ3n) is 2.53. The Hall–Kier alpha value is -1.17. The minimum atomic E-state index is 0.712. The molecule has 1 rings (SSSR count). The number of nitrogens with two attached hydrogens (primary N) is 1. The lowest BCUT2D eigenvalue weighted by Crippen LogP contribution is -2.24. The molecule has 0 bridgehead atoms. The van der Waals surface area contributed by atoms with Gasteiger partial charge in [-0.2, -0.15) is 0 Å². The Kier molecular flexibility index (Phi) is 5.90. The van der Waals surface area contributed by atoms with E-state index in [-0.39, 0.29) is 0 Å². The molecule has 0 fully saturated rings. The lowest BCUT2D eigenvalue weighted by Gasteiger charge is -2.17. The van der Waals surface area contributed by atoms with Crippen LogP contribution in [0.3, 0.4) is 0 Å². The average Bonchev–Trinajstić information content (AvgIpc) is 2.28. The van der Waals surface area contributed by atoms with E-state index in [1.807, 2.05) is 18.2 Å². The summed E-state index contributed by atoms with van der Waals surface area (Å²) in [4.78, 5) is 8.86. The maximum atomic E-state index is 5.33. The second-order valence-electron chi connectivity index (χ2n) is 4.55. The molecule has 5 nitrogen and oxygen atoms in total. The van der Waals surface area contributed by atoms with E-state index in [0.29, 0.717) is 5.82 Å². The van der Waals surface area contributed by atoms with Crippen molar-refractivity contribution in [3.8, 4) is 0 Å². The van der Waals surface area contributed by atoms with Gasteiger partial charge >= 0.3 is 0 Å². The van der Waals surface area contributed by atoms with E-state index in [1.54, 1.807) is 0 Å². The fourth-order valence-corrected chi connectivity index (χ4v) is 1.66. The van der Waals surface area contributed by atoms with Gasteiger partial charge < -0.3 is 15.2 Å². The van der Waals surface area contributed by atoms with Gasteiger partial charge in [-0.05, 0) is 52.8 Å². The van der Waals surface area contributed by atoms with Crippen LogP contribution < -0.4 is 11.3 Å². The monoisotopic (exact) mass is 237 g/mol. The number of anilines is 1. The van der Waals surface area contributed by atoms with E-state index in [4.69, 9.17) is 5.84 Å². The molecule has 1 heterocycles. The Morgan fingerprint density at radius 1 is 1.24 bits per heavy atom. The Morgan fingerprint density at radius 2 is 2.00 bits per heavy atom. The number of hydrogen-bond donors (Lipinski definition) is 2. The summed E-state index contributed by atoms with van der Waals surface area (Å²) in [5.41, 5.74) is 3.60. The highest BCUT2D eigenvalue weighted by molar-refractivity contribution is 5.33. The molecule has 96 valence electrons. The predicted octanol–water partition coefficient (Wildman–Crippen LogP) is 0.751. The first-order valence-electron chi connectivity index (χ1n) is 5.87. The van der Waals surface area contributed by atoms with Crippen molar-refractivity contribution in [3.63, 3.8) is 0 Å². The summed E-state index contributed by atoms with van der Waals surface area (Å²) in [5, 5.41) is 0. The van der Waals surface area contributed by atoms with Gasteiger partial charge in [-0.1, -0.05) is 6.07 Å². The maximum Gasteiger partial charge on any atom is 0.140 e. The molecule has 0 aliphatic carbocycles. The number of aromatic nitrogens is 1. The van der Waals surface area contributed by atoms with Crippen LogP contribution in [-0.2, 0) is 6.54 Å². The van der Waals surface area contributed by atoms with Gasteiger partial charge in [0, 0.05) is 6.54 Å². The smallest absolute Gasteiger partial charge is 0.140 e. The second kappa shape index (κ2) is 7.21. The summed E-state index contributed by atoms with van der Waals surface area (Å²) in [6, 6.07) is 5.84. The number of nitrogen functional groups attached to an aromatic ring is 1. The Bertz CT molecular complexity index is 326. The molecule has 5 heteroatoms. The maximum absolute atomic E-state index is 5.33. The highest BCUT2D eigenvalue weighted by atomic mass is 15.2.